The average molecular weight is 332 g/mol. The van der Waals surface area contributed by atoms with Crippen molar-refractivity contribution in [1.29, 1.82) is 0 Å². The zero-order valence-electron chi connectivity index (χ0n) is 13.2. The topological polar surface area (TPSA) is 51.1 Å². The molecular weight excluding hydrogens is 315 g/mol. The molecule has 0 aliphatic carbocycles. The predicted octanol–water partition coefficient (Wildman–Crippen LogP) is 3.57. The molecular formula is C16H17FN4OS. The molecule has 0 saturated heterocycles. The maximum Gasteiger partial charge on any atom is 0.140 e. The lowest BCUT2D eigenvalue weighted by molar-refractivity contribution is 0.119. The van der Waals surface area contributed by atoms with Crippen molar-refractivity contribution in [3.63, 3.8) is 0 Å². The van der Waals surface area contributed by atoms with Crippen LogP contribution in [0.5, 0.6) is 0 Å². The number of nitrogens with zero attached hydrogens (tertiary/aromatic N) is 4. The van der Waals surface area contributed by atoms with Crippen LogP contribution in [-0.2, 0) is 11.3 Å². The van der Waals surface area contributed by atoms with Crippen molar-refractivity contribution in [2.24, 2.45) is 0 Å². The summed E-state index contributed by atoms with van der Waals surface area (Å²) in [5.41, 5.74) is 1.65. The van der Waals surface area contributed by atoms with Crippen molar-refractivity contribution in [1.82, 2.24) is 15.0 Å². The lowest BCUT2D eigenvalue weighted by atomic mass is 10.2. The Hall–Kier alpha value is -2.12. The van der Waals surface area contributed by atoms with Crippen molar-refractivity contribution < 1.29 is 9.13 Å². The van der Waals surface area contributed by atoms with Crippen molar-refractivity contribution in [2.75, 3.05) is 19.1 Å². The lowest BCUT2D eigenvalue weighted by Gasteiger charge is -2.18. The van der Waals surface area contributed by atoms with Crippen LogP contribution < -0.4 is 4.90 Å². The number of anilines is 1. The van der Waals surface area contributed by atoms with E-state index in [0.717, 1.165) is 16.2 Å². The summed E-state index contributed by atoms with van der Waals surface area (Å²) in [6.45, 7) is 2.54. The molecule has 23 heavy (non-hydrogen) atoms. The molecule has 0 saturated carbocycles. The quantitative estimate of drug-likeness (QED) is 0.715. The van der Waals surface area contributed by atoms with E-state index < -0.39 is 0 Å². The predicted molar refractivity (Wildman–Crippen MR) is 89.1 cm³/mol. The standard InChI is InChI=1S/C16H17FN4OS/c1-10(22-3)16-20-12(8-23-16)7-21(2)15-13-6-11(17)4-5-14(13)18-9-19-15/h4-6,8-10H,7H2,1-3H3. The van der Waals surface area contributed by atoms with Gasteiger partial charge in [-0.05, 0) is 25.1 Å². The van der Waals surface area contributed by atoms with E-state index in [1.165, 1.54) is 18.5 Å². The van der Waals surface area contributed by atoms with Crippen LogP contribution in [0, 0.1) is 5.82 Å². The van der Waals surface area contributed by atoms with Crippen LogP contribution >= 0.6 is 11.3 Å². The normalized spacial score (nSPS) is 12.5. The summed E-state index contributed by atoms with van der Waals surface area (Å²) in [4.78, 5) is 15.0. The van der Waals surface area contributed by atoms with Crippen LogP contribution in [0.25, 0.3) is 10.9 Å². The average Bonchev–Trinajstić information content (AvgIpc) is 3.01. The van der Waals surface area contributed by atoms with Gasteiger partial charge < -0.3 is 9.64 Å². The molecule has 7 heteroatoms. The van der Waals surface area contributed by atoms with E-state index >= 15 is 0 Å². The van der Waals surface area contributed by atoms with E-state index in [2.05, 4.69) is 15.0 Å². The van der Waals surface area contributed by atoms with E-state index in [1.807, 2.05) is 24.3 Å². The van der Waals surface area contributed by atoms with Crippen molar-refractivity contribution in [2.45, 2.75) is 19.6 Å². The SMILES string of the molecule is COC(C)c1nc(CN(C)c2ncnc3ccc(F)cc23)cs1. The number of rotatable bonds is 5. The lowest BCUT2D eigenvalue weighted by Crippen LogP contribution is -2.18. The fraction of sp³-hybridized carbons (Fsp3) is 0.312. The van der Waals surface area contributed by atoms with Gasteiger partial charge in [0.05, 0.1) is 17.8 Å². The first-order valence-electron chi connectivity index (χ1n) is 7.17. The Bertz CT molecular complexity index is 823. The van der Waals surface area contributed by atoms with Gasteiger partial charge in [-0.15, -0.1) is 11.3 Å². The number of methoxy groups -OCH3 is 1. The number of hydrogen-bond donors (Lipinski definition) is 0. The minimum Gasteiger partial charge on any atom is -0.375 e. The smallest absolute Gasteiger partial charge is 0.140 e. The van der Waals surface area contributed by atoms with Gasteiger partial charge in [0, 0.05) is 24.9 Å². The van der Waals surface area contributed by atoms with Gasteiger partial charge in [-0.2, -0.15) is 0 Å². The summed E-state index contributed by atoms with van der Waals surface area (Å²) >= 11 is 1.57. The number of fused-ring (bicyclic) bond motifs is 1. The van der Waals surface area contributed by atoms with E-state index in [0.29, 0.717) is 17.7 Å². The Kier molecular flexibility index (Phi) is 4.49. The summed E-state index contributed by atoms with van der Waals surface area (Å²) in [6, 6.07) is 4.52. The van der Waals surface area contributed by atoms with E-state index in [-0.39, 0.29) is 11.9 Å². The Labute approximate surface area is 137 Å². The van der Waals surface area contributed by atoms with Gasteiger partial charge in [-0.25, -0.2) is 19.3 Å². The highest BCUT2D eigenvalue weighted by molar-refractivity contribution is 7.09. The number of thiazole rings is 1. The minimum absolute atomic E-state index is 0.0203. The highest BCUT2D eigenvalue weighted by Crippen LogP contribution is 2.25. The first kappa shape index (κ1) is 15.8. The Balaban J connectivity index is 1.87. The fourth-order valence-electron chi connectivity index (χ4n) is 2.32. The van der Waals surface area contributed by atoms with E-state index in [4.69, 9.17) is 4.74 Å². The van der Waals surface area contributed by atoms with Gasteiger partial charge in [-0.3, -0.25) is 0 Å². The molecule has 5 nitrogen and oxygen atoms in total. The number of aromatic nitrogens is 3. The summed E-state index contributed by atoms with van der Waals surface area (Å²) in [5, 5.41) is 3.64. The highest BCUT2D eigenvalue weighted by atomic mass is 32.1. The van der Waals surface area contributed by atoms with E-state index in [9.17, 15) is 4.39 Å². The fourth-order valence-corrected chi connectivity index (χ4v) is 3.16. The molecule has 0 N–H and O–H groups in total. The van der Waals surface area contributed by atoms with Crippen LogP contribution in [0.15, 0.2) is 29.9 Å². The molecule has 0 amide bonds. The Morgan fingerprint density at radius 1 is 1.35 bits per heavy atom. The van der Waals surface area contributed by atoms with Gasteiger partial charge in [0.15, 0.2) is 0 Å². The second-order valence-corrected chi connectivity index (χ2v) is 6.16. The molecule has 2 aromatic heterocycles. The van der Waals surface area contributed by atoms with Gasteiger partial charge in [-0.1, -0.05) is 0 Å². The third kappa shape index (κ3) is 3.30. The molecule has 0 aliphatic heterocycles. The van der Waals surface area contributed by atoms with Crippen LogP contribution in [0.1, 0.15) is 23.7 Å². The van der Waals surface area contributed by atoms with Crippen LogP contribution in [0.3, 0.4) is 0 Å². The number of ether oxygens (including phenoxy) is 1. The van der Waals surface area contributed by atoms with Gasteiger partial charge in [0.2, 0.25) is 0 Å². The molecule has 0 fully saturated rings. The van der Waals surface area contributed by atoms with Crippen molar-refractivity contribution in [3.8, 4) is 0 Å². The third-order valence-corrected chi connectivity index (χ3v) is 4.66. The third-order valence-electron chi connectivity index (χ3n) is 3.61. The minimum atomic E-state index is -0.299. The second kappa shape index (κ2) is 6.55. The summed E-state index contributed by atoms with van der Waals surface area (Å²) in [5.74, 6) is 0.385. The molecule has 1 aromatic carbocycles. The molecule has 120 valence electrons. The largest absolute Gasteiger partial charge is 0.375 e. The monoisotopic (exact) mass is 332 g/mol. The number of hydrogen-bond acceptors (Lipinski definition) is 6. The zero-order chi connectivity index (χ0) is 16.4. The van der Waals surface area contributed by atoms with Gasteiger partial charge in [0.1, 0.15) is 29.1 Å². The van der Waals surface area contributed by atoms with E-state index in [1.54, 1.807) is 24.5 Å². The molecule has 3 aromatic rings. The summed E-state index contributed by atoms with van der Waals surface area (Å²) in [6.07, 6.45) is 1.47. The first-order chi connectivity index (χ1) is 11.1. The van der Waals surface area contributed by atoms with Gasteiger partial charge in [0.25, 0.3) is 0 Å². The molecule has 2 heterocycles. The van der Waals surface area contributed by atoms with Crippen LogP contribution in [0.4, 0.5) is 10.2 Å². The van der Waals surface area contributed by atoms with Gasteiger partial charge >= 0.3 is 0 Å². The molecule has 0 aliphatic rings. The molecule has 0 bridgehead atoms. The molecule has 1 atom stereocenters. The van der Waals surface area contributed by atoms with Crippen molar-refractivity contribution >= 4 is 28.1 Å². The maximum atomic E-state index is 13.5. The number of benzene rings is 1. The first-order valence-corrected chi connectivity index (χ1v) is 8.05. The van der Waals surface area contributed by atoms with Crippen LogP contribution in [0.2, 0.25) is 0 Å². The van der Waals surface area contributed by atoms with Crippen molar-refractivity contribution in [3.05, 3.63) is 46.4 Å². The zero-order valence-corrected chi connectivity index (χ0v) is 14.0. The summed E-state index contributed by atoms with van der Waals surface area (Å²) in [7, 11) is 3.57. The second-order valence-electron chi connectivity index (χ2n) is 5.27. The maximum absolute atomic E-state index is 13.5. The Morgan fingerprint density at radius 3 is 2.96 bits per heavy atom. The summed E-state index contributed by atoms with van der Waals surface area (Å²) < 4.78 is 18.8. The van der Waals surface area contributed by atoms with Crippen LogP contribution in [-0.4, -0.2) is 29.1 Å². The number of halogens is 1. The molecule has 3 rings (SSSR count). The molecule has 0 radical (unpaired) electrons. The highest BCUT2D eigenvalue weighted by Gasteiger charge is 2.13. The molecule has 0 spiro atoms. The Morgan fingerprint density at radius 2 is 2.17 bits per heavy atom. The molecule has 1 unspecified atom stereocenters.